The first kappa shape index (κ1) is 6.62. The fraction of sp³-hybridized carbons (Fsp3) is 1.00. The highest BCUT2D eigenvalue weighted by atomic mass is 15.2. The van der Waals surface area contributed by atoms with Crippen molar-refractivity contribution in [3.8, 4) is 0 Å². The maximum absolute atomic E-state index is 5.79. The maximum Gasteiger partial charge on any atom is 0.0180 e. The highest BCUT2D eigenvalue weighted by Gasteiger charge is 2.40. The van der Waals surface area contributed by atoms with E-state index in [1.807, 2.05) is 0 Å². The normalized spacial score (nSPS) is 48.0. The second kappa shape index (κ2) is 2.21. The third-order valence-electron chi connectivity index (χ3n) is 2.79. The number of hydrogen-bond donors (Lipinski definition) is 1. The molecule has 2 heteroatoms. The van der Waals surface area contributed by atoms with Gasteiger partial charge in [0.05, 0.1) is 0 Å². The van der Waals surface area contributed by atoms with E-state index in [9.17, 15) is 0 Å². The molecule has 1 aliphatic heterocycles. The molecule has 3 atom stereocenters. The molecule has 1 heterocycles. The molecule has 0 radical (unpaired) electrons. The molecule has 0 aromatic rings. The summed E-state index contributed by atoms with van der Waals surface area (Å²) in [4.78, 5) is 2.55. The van der Waals surface area contributed by atoms with E-state index in [4.69, 9.17) is 5.73 Å². The largest absolute Gasteiger partial charge is 0.326 e. The molecule has 3 unspecified atom stereocenters. The van der Waals surface area contributed by atoms with Crippen molar-refractivity contribution >= 4 is 0 Å². The SMILES string of the molecule is CC1CC1N1CCC(N)C1. The van der Waals surface area contributed by atoms with Gasteiger partial charge in [0.2, 0.25) is 0 Å². The molecule has 0 aromatic carbocycles. The summed E-state index contributed by atoms with van der Waals surface area (Å²) in [7, 11) is 0. The van der Waals surface area contributed by atoms with Crippen molar-refractivity contribution in [2.24, 2.45) is 11.7 Å². The minimum atomic E-state index is 0.466. The molecule has 2 rings (SSSR count). The van der Waals surface area contributed by atoms with Crippen LogP contribution in [0, 0.1) is 5.92 Å². The second-order valence-electron chi connectivity index (χ2n) is 3.82. The topological polar surface area (TPSA) is 29.3 Å². The van der Waals surface area contributed by atoms with Crippen molar-refractivity contribution < 1.29 is 0 Å². The molecule has 2 aliphatic rings. The third-order valence-corrected chi connectivity index (χ3v) is 2.79. The lowest BCUT2D eigenvalue weighted by Gasteiger charge is -2.13. The zero-order valence-electron chi connectivity index (χ0n) is 6.59. The standard InChI is InChI=1S/C8H16N2/c1-6-4-8(6)10-3-2-7(9)5-10/h6-8H,2-5,9H2,1H3. The summed E-state index contributed by atoms with van der Waals surface area (Å²) in [6, 6.07) is 1.36. The number of likely N-dealkylation sites (tertiary alicyclic amines) is 1. The molecule has 0 amide bonds. The van der Waals surface area contributed by atoms with Gasteiger partial charge in [0.1, 0.15) is 0 Å². The Morgan fingerprint density at radius 3 is 2.60 bits per heavy atom. The van der Waals surface area contributed by atoms with E-state index < -0.39 is 0 Å². The Labute approximate surface area is 62.4 Å². The van der Waals surface area contributed by atoms with Crippen LogP contribution >= 0.6 is 0 Å². The molecule has 1 saturated heterocycles. The molecule has 2 nitrogen and oxygen atoms in total. The predicted octanol–water partition coefficient (Wildman–Crippen LogP) is 0.428. The molecule has 0 spiro atoms. The maximum atomic E-state index is 5.79. The van der Waals surface area contributed by atoms with E-state index >= 15 is 0 Å². The van der Waals surface area contributed by atoms with Crippen LogP contribution in [0.1, 0.15) is 19.8 Å². The summed E-state index contributed by atoms with van der Waals surface area (Å²) in [6.07, 6.45) is 2.62. The van der Waals surface area contributed by atoms with Crippen LogP contribution in [-0.2, 0) is 0 Å². The van der Waals surface area contributed by atoms with E-state index in [1.54, 1.807) is 0 Å². The minimum absolute atomic E-state index is 0.466. The average molecular weight is 140 g/mol. The molecule has 58 valence electrons. The molecule has 1 saturated carbocycles. The van der Waals surface area contributed by atoms with Gasteiger partial charge in [0.15, 0.2) is 0 Å². The van der Waals surface area contributed by atoms with Crippen molar-refractivity contribution in [2.75, 3.05) is 13.1 Å². The first-order valence-electron chi connectivity index (χ1n) is 4.27. The Bertz CT molecular complexity index is 135. The highest BCUT2D eigenvalue weighted by molar-refractivity contribution is 4.95. The van der Waals surface area contributed by atoms with Crippen LogP contribution in [-0.4, -0.2) is 30.1 Å². The Balaban J connectivity index is 1.85. The van der Waals surface area contributed by atoms with Crippen LogP contribution in [0.4, 0.5) is 0 Å². The number of nitrogens with two attached hydrogens (primary N) is 1. The lowest BCUT2D eigenvalue weighted by Crippen LogP contribution is -2.28. The smallest absolute Gasteiger partial charge is 0.0180 e. The van der Waals surface area contributed by atoms with E-state index in [0.29, 0.717) is 6.04 Å². The van der Waals surface area contributed by atoms with Crippen LogP contribution in [0.25, 0.3) is 0 Å². The highest BCUT2D eigenvalue weighted by Crippen LogP contribution is 2.36. The van der Waals surface area contributed by atoms with Crippen LogP contribution in [0.2, 0.25) is 0 Å². The Kier molecular flexibility index (Phi) is 1.46. The Morgan fingerprint density at radius 2 is 2.20 bits per heavy atom. The van der Waals surface area contributed by atoms with Gasteiger partial charge in [0, 0.05) is 25.2 Å². The average Bonchev–Trinajstić information content (AvgIpc) is 2.42. The van der Waals surface area contributed by atoms with Crippen molar-refractivity contribution in [3.05, 3.63) is 0 Å². The van der Waals surface area contributed by atoms with Gasteiger partial charge in [-0.15, -0.1) is 0 Å². The summed E-state index contributed by atoms with van der Waals surface area (Å²) in [6.45, 7) is 4.72. The minimum Gasteiger partial charge on any atom is -0.326 e. The monoisotopic (exact) mass is 140 g/mol. The molecule has 0 bridgehead atoms. The summed E-state index contributed by atoms with van der Waals surface area (Å²) >= 11 is 0. The van der Waals surface area contributed by atoms with Crippen LogP contribution < -0.4 is 5.73 Å². The zero-order valence-corrected chi connectivity index (χ0v) is 6.59. The van der Waals surface area contributed by atoms with Gasteiger partial charge in [0.25, 0.3) is 0 Å². The Hall–Kier alpha value is -0.0800. The van der Waals surface area contributed by atoms with E-state index in [-0.39, 0.29) is 0 Å². The van der Waals surface area contributed by atoms with Gasteiger partial charge in [-0.2, -0.15) is 0 Å². The van der Waals surface area contributed by atoms with Gasteiger partial charge >= 0.3 is 0 Å². The second-order valence-corrected chi connectivity index (χ2v) is 3.82. The molecule has 10 heavy (non-hydrogen) atoms. The predicted molar refractivity (Wildman–Crippen MR) is 41.7 cm³/mol. The molecule has 1 aliphatic carbocycles. The fourth-order valence-corrected chi connectivity index (χ4v) is 1.93. The number of rotatable bonds is 1. The van der Waals surface area contributed by atoms with Crippen molar-refractivity contribution in [1.29, 1.82) is 0 Å². The van der Waals surface area contributed by atoms with Crippen molar-refractivity contribution in [1.82, 2.24) is 4.90 Å². The summed E-state index contributed by atoms with van der Waals surface area (Å²) < 4.78 is 0. The third kappa shape index (κ3) is 1.06. The van der Waals surface area contributed by atoms with E-state index in [2.05, 4.69) is 11.8 Å². The first-order chi connectivity index (χ1) is 4.77. The van der Waals surface area contributed by atoms with Gasteiger partial charge in [-0.25, -0.2) is 0 Å². The summed E-state index contributed by atoms with van der Waals surface area (Å²) in [5, 5.41) is 0. The fourth-order valence-electron chi connectivity index (χ4n) is 1.93. The molecular weight excluding hydrogens is 124 g/mol. The van der Waals surface area contributed by atoms with Crippen LogP contribution in [0.15, 0.2) is 0 Å². The number of hydrogen-bond acceptors (Lipinski definition) is 2. The number of nitrogens with zero attached hydrogens (tertiary/aromatic N) is 1. The molecular formula is C8H16N2. The van der Waals surface area contributed by atoms with E-state index in [0.717, 1.165) is 18.5 Å². The molecule has 2 N–H and O–H groups in total. The van der Waals surface area contributed by atoms with Crippen LogP contribution in [0.5, 0.6) is 0 Å². The Morgan fingerprint density at radius 1 is 1.50 bits per heavy atom. The van der Waals surface area contributed by atoms with Crippen LogP contribution in [0.3, 0.4) is 0 Å². The van der Waals surface area contributed by atoms with Crippen molar-refractivity contribution in [2.45, 2.75) is 31.8 Å². The van der Waals surface area contributed by atoms with Gasteiger partial charge in [-0.3, -0.25) is 4.90 Å². The quantitative estimate of drug-likeness (QED) is 0.572. The zero-order chi connectivity index (χ0) is 7.14. The lowest BCUT2D eigenvalue weighted by atomic mass is 10.3. The van der Waals surface area contributed by atoms with Gasteiger partial charge in [-0.05, 0) is 18.8 Å². The van der Waals surface area contributed by atoms with E-state index in [1.165, 1.54) is 19.4 Å². The molecule has 2 fully saturated rings. The molecule has 0 aromatic heterocycles. The summed E-state index contributed by atoms with van der Waals surface area (Å²) in [5.74, 6) is 0.949. The van der Waals surface area contributed by atoms with Gasteiger partial charge < -0.3 is 5.73 Å². The summed E-state index contributed by atoms with van der Waals surface area (Å²) in [5.41, 5.74) is 5.79. The lowest BCUT2D eigenvalue weighted by molar-refractivity contribution is 0.311. The van der Waals surface area contributed by atoms with Crippen molar-refractivity contribution in [3.63, 3.8) is 0 Å². The van der Waals surface area contributed by atoms with Gasteiger partial charge in [-0.1, -0.05) is 6.92 Å². The first-order valence-corrected chi connectivity index (χ1v) is 4.27.